The van der Waals surface area contributed by atoms with E-state index in [0.717, 1.165) is 6.07 Å². The van der Waals surface area contributed by atoms with E-state index < -0.39 is 22.7 Å². The van der Waals surface area contributed by atoms with Gasteiger partial charge in [0, 0.05) is 42.0 Å². The molecule has 0 aliphatic carbocycles. The van der Waals surface area contributed by atoms with Gasteiger partial charge in [-0.25, -0.2) is 4.98 Å². The van der Waals surface area contributed by atoms with Gasteiger partial charge < -0.3 is 10.6 Å². The first kappa shape index (κ1) is 15.7. The molecule has 0 spiro atoms. The molecule has 1 aromatic heterocycles. The minimum Gasteiger partial charge on any atom is -0.369 e. The van der Waals surface area contributed by atoms with Gasteiger partial charge in [-0.05, 0) is 6.92 Å². The van der Waals surface area contributed by atoms with Crippen molar-refractivity contribution < 1.29 is 17.4 Å². The highest BCUT2D eigenvalue weighted by molar-refractivity contribution is 7.84. The third kappa shape index (κ3) is 4.66. The quantitative estimate of drug-likeness (QED) is 0.866. The van der Waals surface area contributed by atoms with Crippen LogP contribution < -0.4 is 10.6 Å². The van der Waals surface area contributed by atoms with E-state index in [4.69, 9.17) is 0 Å². The topological polar surface area (TPSA) is 66.9 Å². The minimum absolute atomic E-state index is 0.0453. The normalized spacial score (nSPS) is 14.8. The number of anilines is 2. The van der Waals surface area contributed by atoms with Crippen LogP contribution in [0.5, 0.6) is 0 Å². The van der Waals surface area contributed by atoms with Crippen LogP contribution in [0.4, 0.5) is 24.9 Å². The molecule has 2 unspecified atom stereocenters. The van der Waals surface area contributed by atoms with Gasteiger partial charge >= 0.3 is 6.18 Å². The zero-order valence-electron chi connectivity index (χ0n) is 10.7. The molecule has 0 fully saturated rings. The van der Waals surface area contributed by atoms with Crippen molar-refractivity contribution in [2.75, 3.05) is 30.5 Å². The number of alkyl halides is 3. The monoisotopic (exact) mass is 296 g/mol. The molecule has 0 saturated carbocycles. The lowest BCUT2D eigenvalue weighted by molar-refractivity contribution is -0.141. The van der Waals surface area contributed by atoms with Crippen LogP contribution in [0.15, 0.2) is 6.07 Å². The molecule has 0 aliphatic rings. The SMILES string of the molecule is CNc1nc(NCC(C)S(C)=O)cc(C(F)(F)F)n1. The highest BCUT2D eigenvalue weighted by Gasteiger charge is 2.33. The Bertz CT molecular complexity index is 467. The Balaban J connectivity index is 2.92. The Morgan fingerprint density at radius 2 is 2.05 bits per heavy atom. The summed E-state index contributed by atoms with van der Waals surface area (Å²) >= 11 is 0. The van der Waals surface area contributed by atoms with Crippen molar-refractivity contribution >= 4 is 22.6 Å². The molecule has 5 nitrogen and oxygen atoms in total. The van der Waals surface area contributed by atoms with Gasteiger partial charge in [-0.3, -0.25) is 4.21 Å². The van der Waals surface area contributed by atoms with E-state index >= 15 is 0 Å². The van der Waals surface area contributed by atoms with Gasteiger partial charge in [-0.1, -0.05) is 0 Å². The number of rotatable bonds is 5. The molecule has 0 aromatic carbocycles. The summed E-state index contributed by atoms with van der Waals surface area (Å²) in [6, 6.07) is 0.826. The van der Waals surface area contributed by atoms with Crippen molar-refractivity contribution in [3.05, 3.63) is 11.8 Å². The molecule has 9 heteroatoms. The molecule has 1 rings (SSSR count). The zero-order valence-corrected chi connectivity index (χ0v) is 11.5. The van der Waals surface area contributed by atoms with Gasteiger partial charge in [0.2, 0.25) is 5.95 Å². The van der Waals surface area contributed by atoms with Crippen LogP contribution in [0.2, 0.25) is 0 Å². The summed E-state index contributed by atoms with van der Waals surface area (Å²) in [4.78, 5) is 7.20. The van der Waals surface area contributed by atoms with Gasteiger partial charge in [-0.15, -0.1) is 0 Å². The second-order valence-corrected chi connectivity index (χ2v) is 5.70. The summed E-state index contributed by atoms with van der Waals surface area (Å²) in [5.41, 5.74) is -1.03. The van der Waals surface area contributed by atoms with Gasteiger partial charge in [0.15, 0.2) is 5.69 Å². The predicted octanol–water partition coefficient (Wildman–Crippen LogP) is 1.72. The Morgan fingerprint density at radius 1 is 1.42 bits per heavy atom. The van der Waals surface area contributed by atoms with Crippen LogP contribution in [0.3, 0.4) is 0 Å². The maximum Gasteiger partial charge on any atom is 0.433 e. The fraction of sp³-hybridized carbons (Fsp3) is 0.600. The van der Waals surface area contributed by atoms with Gasteiger partial charge in [0.1, 0.15) is 5.82 Å². The number of hydrogen-bond acceptors (Lipinski definition) is 5. The second kappa shape index (κ2) is 6.18. The smallest absolute Gasteiger partial charge is 0.369 e. The maximum atomic E-state index is 12.6. The van der Waals surface area contributed by atoms with Crippen LogP contribution in [0.25, 0.3) is 0 Å². The molecule has 2 N–H and O–H groups in total. The van der Waals surface area contributed by atoms with E-state index in [-0.39, 0.29) is 23.6 Å². The molecule has 0 aliphatic heterocycles. The van der Waals surface area contributed by atoms with Crippen LogP contribution >= 0.6 is 0 Å². The average Bonchev–Trinajstić information content (AvgIpc) is 2.34. The third-order valence-electron chi connectivity index (χ3n) is 2.38. The molecule has 0 radical (unpaired) electrons. The standard InChI is InChI=1S/C10H15F3N4OS/c1-6(19(3)18)5-15-8-4-7(10(11,12)13)16-9(14-2)17-8/h4,6H,5H2,1-3H3,(H2,14,15,16,17). The molecule has 2 atom stereocenters. The van der Waals surface area contributed by atoms with Crippen LogP contribution in [0, 0.1) is 0 Å². The number of hydrogen-bond donors (Lipinski definition) is 2. The lowest BCUT2D eigenvalue weighted by Gasteiger charge is -2.13. The Labute approximate surface area is 111 Å². The highest BCUT2D eigenvalue weighted by Crippen LogP contribution is 2.29. The van der Waals surface area contributed by atoms with E-state index in [1.807, 2.05) is 0 Å². The molecular weight excluding hydrogens is 281 g/mol. The lowest BCUT2D eigenvalue weighted by atomic mass is 10.3. The van der Waals surface area contributed by atoms with Crippen molar-refractivity contribution in [3.8, 4) is 0 Å². The van der Waals surface area contributed by atoms with Crippen LogP contribution in [-0.2, 0) is 17.0 Å². The fourth-order valence-electron chi connectivity index (χ4n) is 1.16. The van der Waals surface area contributed by atoms with E-state index in [9.17, 15) is 17.4 Å². The summed E-state index contributed by atoms with van der Waals surface area (Å²) in [6.45, 7) is 1.99. The van der Waals surface area contributed by atoms with E-state index in [1.165, 1.54) is 13.3 Å². The molecule has 0 saturated heterocycles. The lowest BCUT2D eigenvalue weighted by Crippen LogP contribution is -2.22. The number of aromatic nitrogens is 2. The second-order valence-electron chi connectivity index (χ2n) is 3.90. The van der Waals surface area contributed by atoms with Crippen LogP contribution in [-0.4, -0.2) is 39.3 Å². The maximum absolute atomic E-state index is 12.6. The molecular formula is C10H15F3N4OS. The van der Waals surface area contributed by atoms with Crippen molar-refractivity contribution in [2.24, 2.45) is 0 Å². The zero-order chi connectivity index (χ0) is 14.6. The van der Waals surface area contributed by atoms with Gasteiger partial charge in [0.05, 0.1) is 0 Å². The van der Waals surface area contributed by atoms with E-state index in [1.54, 1.807) is 6.92 Å². The Morgan fingerprint density at radius 3 is 2.53 bits per heavy atom. The average molecular weight is 296 g/mol. The van der Waals surface area contributed by atoms with Crippen LogP contribution in [0.1, 0.15) is 12.6 Å². The molecule has 108 valence electrons. The predicted molar refractivity (Wildman–Crippen MR) is 68.6 cm³/mol. The number of halogens is 3. The summed E-state index contributed by atoms with van der Waals surface area (Å²) in [7, 11) is 0.376. The molecule has 1 heterocycles. The molecule has 0 bridgehead atoms. The van der Waals surface area contributed by atoms with Gasteiger partial charge in [0.25, 0.3) is 0 Å². The van der Waals surface area contributed by atoms with Crippen molar-refractivity contribution in [1.82, 2.24) is 9.97 Å². The van der Waals surface area contributed by atoms with E-state index in [0.29, 0.717) is 0 Å². The van der Waals surface area contributed by atoms with Crippen molar-refractivity contribution in [2.45, 2.75) is 18.3 Å². The van der Waals surface area contributed by atoms with E-state index in [2.05, 4.69) is 20.6 Å². The number of nitrogens with zero attached hydrogens (tertiary/aromatic N) is 2. The summed E-state index contributed by atoms with van der Waals surface area (Å²) in [5, 5.41) is 5.00. The Kier molecular flexibility index (Phi) is 5.10. The molecule has 1 aromatic rings. The summed E-state index contributed by atoms with van der Waals surface area (Å²) in [6.07, 6.45) is -3.00. The first-order chi connectivity index (χ1) is 8.74. The van der Waals surface area contributed by atoms with Crippen molar-refractivity contribution in [1.29, 1.82) is 0 Å². The first-order valence-corrected chi connectivity index (χ1v) is 7.06. The molecule has 0 amide bonds. The van der Waals surface area contributed by atoms with Crippen molar-refractivity contribution in [3.63, 3.8) is 0 Å². The first-order valence-electron chi connectivity index (χ1n) is 5.44. The Hall–Kier alpha value is -1.38. The highest BCUT2D eigenvalue weighted by atomic mass is 32.2. The fourth-order valence-corrected chi connectivity index (χ4v) is 1.48. The summed E-state index contributed by atoms with van der Waals surface area (Å²) < 4.78 is 49.0. The largest absolute Gasteiger partial charge is 0.433 e. The minimum atomic E-state index is -4.54. The van der Waals surface area contributed by atoms with Gasteiger partial charge in [-0.2, -0.15) is 18.2 Å². The third-order valence-corrected chi connectivity index (χ3v) is 3.68. The number of nitrogens with one attached hydrogen (secondary N) is 2. The molecule has 19 heavy (non-hydrogen) atoms. The summed E-state index contributed by atoms with van der Waals surface area (Å²) in [5.74, 6) is -0.0772.